The van der Waals surface area contributed by atoms with Crippen molar-refractivity contribution in [3.63, 3.8) is 0 Å². The first-order valence-corrected chi connectivity index (χ1v) is 7.71. The van der Waals surface area contributed by atoms with Crippen molar-refractivity contribution in [3.05, 3.63) is 82.1 Å². The Labute approximate surface area is 148 Å². The van der Waals surface area contributed by atoms with Gasteiger partial charge in [-0.2, -0.15) is 0 Å². The molecule has 0 saturated heterocycles. The quantitative estimate of drug-likeness (QED) is 0.419. The molecule has 130 valence electrons. The molecule has 1 amide bonds. The highest BCUT2D eigenvalue weighted by atomic mass is 16.6. The summed E-state index contributed by atoms with van der Waals surface area (Å²) in [6, 6.07) is 15.5. The van der Waals surface area contributed by atoms with Gasteiger partial charge in [0.15, 0.2) is 11.5 Å². The summed E-state index contributed by atoms with van der Waals surface area (Å²) in [5.74, 6) is -0.309. The van der Waals surface area contributed by atoms with Crippen LogP contribution in [0.4, 0.5) is 11.4 Å². The summed E-state index contributed by atoms with van der Waals surface area (Å²) in [5.41, 5.74) is 1.24. The number of rotatable bonds is 5. The fraction of sp³-hybridized carbons (Fsp3) is 0.0526. The van der Waals surface area contributed by atoms with Crippen molar-refractivity contribution in [1.29, 1.82) is 0 Å². The Kier molecular flexibility index (Phi) is 4.62. The number of amides is 1. The Balaban J connectivity index is 1.80. The Morgan fingerprint density at radius 3 is 2.35 bits per heavy atom. The molecular formula is C19H14N2O5. The number of nitro groups is 1. The molecule has 2 aromatic carbocycles. The first kappa shape index (κ1) is 17.1. The topological polar surface area (TPSA) is 102 Å². The lowest BCUT2D eigenvalue weighted by Crippen LogP contribution is -2.10. The van der Waals surface area contributed by atoms with E-state index in [2.05, 4.69) is 5.32 Å². The average molecular weight is 350 g/mol. The summed E-state index contributed by atoms with van der Waals surface area (Å²) in [7, 11) is 0. The van der Waals surface area contributed by atoms with Gasteiger partial charge in [0.25, 0.3) is 11.6 Å². The second kappa shape index (κ2) is 7.02. The van der Waals surface area contributed by atoms with Gasteiger partial charge in [0, 0.05) is 17.3 Å². The van der Waals surface area contributed by atoms with Gasteiger partial charge in [0.1, 0.15) is 5.76 Å². The maximum Gasteiger partial charge on any atom is 0.291 e. The first-order chi connectivity index (χ1) is 12.5. The predicted octanol–water partition coefficient (Wildman–Crippen LogP) is 4.31. The molecule has 3 aromatic rings. The fourth-order valence-corrected chi connectivity index (χ4v) is 2.43. The summed E-state index contributed by atoms with van der Waals surface area (Å²) < 4.78 is 5.49. The molecule has 3 rings (SSSR count). The van der Waals surface area contributed by atoms with Crippen LogP contribution in [-0.4, -0.2) is 16.6 Å². The number of carbonyl (C=O) groups excluding carboxylic acids is 2. The lowest BCUT2D eigenvalue weighted by Gasteiger charge is -2.04. The fourth-order valence-electron chi connectivity index (χ4n) is 2.43. The van der Waals surface area contributed by atoms with Gasteiger partial charge in [0.05, 0.1) is 10.5 Å². The number of furan rings is 1. The molecule has 26 heavy (non-hydrogen) atoms. The third-order valence-corrected chi connectivity index (χ3v) is 3.75. The van der Waals surface area contributed by atoms with Crippen LogP contribution < -0.4 is 5.32 Å². The number of nitrogens with one attached hydrogen (secondary N) is 1. The zero-order valence-electron chi connectivity index (χ0n) is 13.8. The highest BCUT2D eigenvalue weighted by Gasteiger charge is 2.19. The molecule has 0 aliphatic carbocycles. The Morgan fingerprint density at radius 2 is 1.69 bits per heavy atom. The molecule has 7 heteroatoms. The first-order valence-electron chi connectivity index (χ1n) is 7.71. The molecule has 7 nitrogen and oxygen atoms in total. The third kappa shape index (κ3) is 3.51. The average Bonchev–Trinajstić information content (AvgIpc) is 3.12. The van der Waals surface area contributed by atoms with Gasteiger partial charge < -0.3 is 9.73 Å². The molecular weight excluding hydrogens is 336 g/mol. The van der Waals surface area contributed by atoms with Crippen LogP contribution in [0, 0.1) is 10.1 Å². The number of nitro benzene ring substituents is 1. The molecule has 1 aromatic heterocycles. The number of para-hydroxylation sites is 1. The molecule has 0 bridgehead atoms. The van der Waals surface area contributed by atoms with Crippen LogP contribution in [0.5, 0.6) is 0 Å². The van der Waals surface area contributed by atoms with Crippen molar-refractivity contribution in [2.75, 3.05) is 5.32 Å². The lowest BCUT2D eigenvalue weighted by molar-refractivity contribution is -0.384. The van der Waals surface area contributed by atoms with Crippen LogP contribution >= 0.6 is 0 Å². The molecule has 0 atom stereocenters. The van der Waals surface area contributed by atoms with Crippen LogP contribution in [0.15, 0.2) is 65.1 Å². The van der Waals surface area contributed by atoms with Crippen LogP contribution in [0.2, 0.25) is 0 Å². The second-order valence-electron chi connectivity index (χ2n) is 5.53. The van der Waals surface area contributed by atoms with Gasteiger partial charge in [-0.15, -0.1) is 0 Å². The number of hydrogen-bond acceptors (Lipinski definition) is 5. The maximum atomic E-state index is 12.3. The number of Topliss-reactive ketones (excluding diaryl/α,β-unsaturated/α-hetero) is 1. The van der Waals surface area contributed by atoms with Crippen LogP contribution in [-0.2, 0) is 0 Å². The zero-order chi connectivity index (χ0) is 18.7. The Morgan fingerprint density at radius 1 is 1.00 bits per heavy atom. The summed E-state index contributed by atoms with van der Waals surface area (Å²) in [6.45, 7) is 1.46. The normalized spacial score (nSPS) is 10.3. The van der Waals surface area contributed by atoms with E-state index in [0.29, 0.717) is 16.8 Å². The molecule has 0 unspecified atom stereocenters. The number of nitrogens with zero attached hydrogens (tertiary/aromatic N) is 1. The number of carbonyl (C=O) groups is 2. The molecule has 1 N–H and O–H groups in total. The van der Waals surface area contributed by atoms with E-state index in [4.69, 9.17) is 4.42 Å². The van der Waals surface area contributed by atoms with Gasteiger partial charge >= 0.3 is 0 Å². The molecule has 0 radical (unpaired) electrons. The van der Waals surface area contributed by atoms with Crippen LogP contribution in [0.25, 0.3) is 11.3 Å². The SMILES string of the molecule is CC(=O)c1ccc(NC(=O)c2ccc(-c3ccccc3[N+](=O)[O-])o2)cc1. The van der Waals surface area contributed by atoms with Crippen molar-refractivity contribution in [2.24, 2.45) is 0 Å². The second-order valence-corrected chi connectivity index (χ2v) is 5.53. The van der Waals surface area contributed by atoms with Crippen molar-refractivity contribution >= 4 is 23.1 Å². The highest BCUT2D eigenvalue weighted by Crippen LogP contribution is 2.31. The van der Waals surface area contributed by atoms with Gasteiger partial charge in [-0.25, -0.2) is 0 Å². The van der Waals surface area contributed by atoms with Crippen LogP contribution in [0.1, 0.15) is 27.8 Å². The number of benzene rings is 2. The van der Waals surface area contributed by atoms with E-state index in [-0.39, 0.29) is 23.0 Å². The standard InChI is InChI=1S/C19H14N2O5/c1-12(22)13-6-8-14(9-7-13)20-19(23)18-11-10-17(26-18)15-4-2-3-5-16(15)21(24)25/h2-11H,1H3,(H,20,23). The number of ketones is 1. The van der Waals surface area contributed by atoms with E-state index in [1.165, 1.54) is 25.1 Å². The largest absolute Gasteiger partial charge is 0.451 e. The van der Waals surface area contributed by atoms with Crippen molar-refractivity contribution < 1.29 is 18.9 Å². The highest BCUT2D eigenvalue weighted by molar-refractivity contribution is 6.03. The summed E-state index contributed by atoms with van der Waals surface area (Å²) >= 11 is 0. The minimum absolute atomic E-state index is 0.0220. The molecule has 0 aliphatic heterocycles. The molecule has 0 aliphatic rings. The summed E-state index contributed by atoms with van der Waals surface area (Å²) in [4.78, 5) is 34.2. The third-order valence-electron chi connectivity index (χ3n) is 3.75. The number of anilines is 1. The summed E-state index contributed by atoms with van der Waals surface area (Å²) in [6.07, 6.45) is 0. The molecule has 0 fully saturated rings. The van der Waals surface area contributed by atoms with Gasteiger partial charge in [0.2, 0.25) is 0 Å². The monoisotopic (exact) mass is 350 g/mol. The van der Waals surface area contributed by atoms with E-state index in [9.17, 15) is 19.7 Å². The van der Waals surface area contributed by atoms with Crippen molar-refractivity contribution in [1.82, 2.24) is 0 Å². The van der Waals surface area contributed by atoms with E-state index in [1.807, 2.05) is 0 Å². The number of hydrogen-bond donors (Lipinski definition) is 1. The van der Waals surface area contributed by atoms with Gasteiger partial charge in [-0.05, 0) is 49.4 Å². The van der Waals surface area contributed by atoms with Gasteiger partial charge in [-0.1, -0.05) is 12.1 Å². The smallest absolute Gasteiger partial charge is 0.291 e. The van der Waals surface area contributed by atoms with Crippen molar-refractivity contribution in [2.45, 2.75) is 6.92 Å². The lowest BCUT2D eigenvalue weighted by atomic mass is 10.1. The van der Waals surface area contributed by atoms with E-state index in [1.54, 1.807) is 42.5 Å². The predicted molar refractivity (Wildman–Crippen MR) is 95.2 cm³/mol. The van der Waals surface area contributed by atoms with Crippen LogP contribution in [0.3, 0.4) is 0 Å². The summed E-state index contributed by atoms with van der Waals surface area (Å²) in [5, 5.41) is 13.8. The molecule has 0 spiro atoms. The van der Waals surface area contributed by atoms with E-state index in [0.717, 1.165) is 0 Å². The minimum atomic E-state index is -0.506. The van der Waals surface area contributed by atoms with Gasteiger partial charge in [-0.3, -0.25) is 19.7 Å². The van der Waals surface area contributed by atoms with E-state index >= 15 is 0 Å². The minimum Gasteiger partial charge on any atom is -0.451 e. The Bertz CT molecular complexity index is 989. The molecule has 0 saturated carbocycles. The Hall–Kier alpha value is -3.74. The molecule has 1 heterocycles. The van der Waals surface area contributed by atoms with Crippen molar-refractivity contribution in [3.8, 4) is 11.3 Å². The maximum absolute atomic E-state index is 12.3. The zero-order valence-corrected chi connectivity index (χ0v) is 13.8. The van der Waals surface area contributed by atoms with E-state index < -0.39 is 10.8 Å².